The lowest BCUT2D eigenvalue weighted by molar-refractivity contribution is -0.118. The molecule has 2 heterocycles. The Hall–Kier alpha value is -3.46. The maximum Gasteiger partial charge on any atom is 0.209 e. The monoisotopic (exact) mass is 357 g/mol. The first kappa shape index (κ1) is 17.0. The molecule has 0 unspecified atom stereocenters. The molecule has 0 radical (unpaired) electrons. The van der Waals surface area contributed by atoms with E-state index < -0.39 is 0 Å². The second-order valence-electron chi connectivity index (χ2n) is 6.75. The molecule has 1 amide bonds. The molecule has 27 heavy (non-hydrogen) atoms. The summed E-state index contributed by atoms with van der Waals surface area (Å²) in [5.74, 6) is 0.848. The molecule has 1 aliphatic rings. The molecule has 1 aliphatic heterocycles. The van der Waals surface area contributed by atoms with E-state index in [1.165, 1.54) is 0 Å². The summed E-state index contributed by atoms with van der Waals surface area (Å²) in [5.41, 5.74) is 2.36. The van der Waals surface area contributed by atoms with Crippen molar-refractivity contribution in [2.75, 3.05) is 24.5 Å². The van der Waals surface area contributed by atoms with E-state index in [9.17, 15) is 4.79 Å². The number of carbonyl (C=O) groups excluding carboxylic acids is 1. The van der Waals surface area contributed by atoms with Gasteiger partial charge in [-0.1, -0.05) is 36.4 Å². The van der Waals surface area contributed by atoms with E-state index in [0.717, 1.165) is 40.8 Å². The number of hydrogen-bond donors (Lipinski definition) is 0. The van der Waals surface area contributed by atoms with Gasteiger partial charge >= 0.3 is 0 Å². The molecule has 2 aromatic carbocycles. The van der Waals surface area contributed by atoms with Crippen LogP contribution in [-0.2, 0) is 4.79 Å². The van der Waals surface area contributed by atoms with Crippen LogP contribution in [0.1, 0.15) is 12.5 Å². The molecule has 0 saturated carbocycles. The Morgan fingerprint density at radius 1 is 1.07 bits per heavy atom. The highest BCUT2D eigenvalue weighted by atomic mass is 16.1. The first-order valence-corrected chi connectivity index (χ1v) is 8.93. The van der Waals surface area contributed by atoms with Crippen LogP contribution >= 0.6 is 0 Å². The number of aromatic nitrogens is 2. The Kier molecular flexibility index (Phi) is 4.43. The van der Waals surface area contributed by atoms with Gasteiger partial charge in [0, 0.05) is 42.0 Å². The van der Waals surface area contributed by atoms with Gasteiger partial charge in [-0.25, -0.2) is 0 Å². The van der Waals surface area contributed by atoms with Crippen LogP contribution in [0, 0.1) is 11.3 Å². The van der Waals surface area contributed by atoms with Crippen molar-refractivity contribution >= 4 is 23.0 Å². The predicted octanol–water partition coefficient (Wildman–Crippen LogP) is 2.84. The molecule has 4 rings (SSSR count). The van der Waals surface area contributed by atoms with Crippen molar-refractivity contribution in [2.24, 2.45) is 0 Å². The normalized spacial score (nSPS) is 17.0. The lowest BCUT2D eigenvalue weighted by Crippen LogP contribution is -2.51. The van der Waals surface area contributed by atoms with Gasteiger partial charge in [0.15, 0.2) is 5.82 Å². The third-order valence-electron chi connectivity index (χ3n) is 5.04. The quantitative estimate of drug-likeness (QED) is 0.674. The van der Waals surface area contributed by atoms with Gasteiger partial charge in [-0.15, -0.1) is 10.2 Å². The van der Waals surface area contributed by atoms with Gasteiger partial charge in [-0.05, 0) is 19.1 Å². The standard InChI is InChI=1S/C21H19N5O/c1-15-13-25(14-27)10-11-26(15)21-19-5-3-2-4-18(19)20(23-24-21)17-8-6-16(12-22)7-9-17/h2-9,14-15H,10-11,13H2,1H3/t15-/m0/s1. The number of amides is 1. The van der Waals surface area contributed by atoms with Crippen LogP contribution in [0.5, 0.6) is 0 Å². The summed E-state index contributed by atoms with van der Waals surface area (Å²) in [6, 6.07) is 17.8. The number of piperazine rings is 1. The molecule has 1 atom stereocenters. The zero-order chi connectivity index (χ0) is 18.8. The SMILES string of the molecule is C[C@H]1CN(C=O)CCN1c1nnc(-c2ccc(C#N)cc2)c2ccccc12. The van der Waals surface area contributed by atoms with Crippen LogP contribution in [0.15, 0.2) is 48.5 Å². The number of hydrogen-bond acceptors (Lipinski definition) is 5. The average molecular weight is 357 g/mol. The van der Waals surface area contributed by atoms with E-state index in [4.69, 9.17) is 5.26 Å². The molecule has 1 fully saturated rings. The van der Waals surface area contributed by atoms with Gasteiger partial charge in [0.05, 0.1) is 11.6 Å². The Balaban J connectivity index is 1.79. The molecule has 6 nitrogen and oxygen atoms in total. The van der Waals surface area contributed by atoms with E-state index in [0.29, 0.717) is 18.7 Å². The minimum absolute atomic E-state index is 0.169. The van der Waals surface area contributed by atoms with Gasteiger partial charge in [-0.3, -0.25) is 4.79 Å². The maximum absolute atomic E-state index is 11.1. The number of benzene rings is 2. The Morgan fingerprint density at radius 3 is 2.48 bits per heavy atom. The van der Waals surface area contributed by atoms with E-state index in [1.807, 2.05) is 30.3 Å². The van der Waals surface area contributed by atoms with Gasteiger partial charge in [0.1, 0.15) is 5.69 Å². The van der Waals surface area contributed by atoms with E-state index in [2.05, 4.69) is 34.2 Å². The lowest BCUT2D eigenvalue weighted by atomic mass is 10.0. The van der Waals surface area contributed by atoms with Gasteiger partial charge in [0.2, 0.25) is 6.41 Å². The zero-order valence-electron chi connectivity index (χ0n) is 15.0. The van der Waals surface area contributed by atoms with Crippen LogP contribution < -0.4 is 4.90 Å². The molecule has 6 heteroatoms. The van der Waals surface area contributed by atoms with Crippen LogP contribution in [0.25, 0.3) is 22.0 Å². The van der Waals surface area contributed by atoms with Crippen LogP contribution in [0.4, 0.5) is 5.82 Å². The van der Waals surface area contributed by atoms with Crippen molar-refractivity contribution in [3.05, 3.63) is 54.1 Å². The summed E-state index contributed by atoms with van der Waals surface area (Å²) in [5, 5.41) is 20.1. The molecule has 1 saturated heterocycles. The lowest BCUT2D eigenvalue weighted by Gasteiger charge is -2.39. The zero-order valence-corrected chi connectivity index (χ0v) is 15.0. The van der Waals surface area contributed by atoms with Crippen molar-refractivity contribution in [3.63, 3.8) is 0 Å². The molecule has 3 aromatic rings. The molecule has 0 bridgehead atoms. The third kappa shape index (κ3) is 3.08. The number of carbonyl (C=O) groups is 1. The summed E-state index contributed by atoms with van der Waals surface area (Å²) >= 11 is 0. The maximum atomic E-state index is 11.1. The van der Waals surface area contributed by atoms with Crippen molar-refractivity contribution in [1.29, 1.82) is 5.26 Å². The number of nitriles is 1. The van der Waals surface area contributed by atoms with E-state index >= 15 is 0 Å². The fourth-order valence-corrected chi connectivity index (χ4v) is 3.61. The molecule has 1 aromatic heterocycles. The van der Waals surface area contributed by atoms with Crippen LogP contribution in [0.2, 0.25) is 0 Å². The Labute approximate surface area is 157 Å². The summed E-state index contributed by atoms with van der Waals surface area (Å²) in [4.78, 5) is 15.1. The topological polar surface area (TPSA) is 73.1 Å². The third-order valence-corrected chi connectivity index (χ3v) is 5.04. The first-order chi connectivity index (χ1) is 13.2. The Bertz CT molecular complexity index is 1020. The van der Waals surface area contributed by atoms with Gasteiger partial charge in [0.25, 0.3) is 0 Å². The predicted molar refractivity (Wildman–Crippen MR) is 104 cm³/mol. The largest absolute Gasteiger partial charge is 0.348 e. The molecule has 0 aliphatic carbocycles. The Morgan fingerprint density at radius 2 is 1.81 bits per heavy atom. The second kappa shape index (κ2) is 7.04. The minimum atomic E-state index is 0.169. The smallest absolute Gasteiger partial charge is 0.209 e. The number of rotatable bonds is 3. The van der Waals surface area contributed by atoms with Crippen LogP contribution in [-0.4, -0.2) is 47.2 Å². The van der Waals surface area contributed by atoms with Crippen molar-refractivity contribution in [1.82, 2.24) is 15.1 Å². The fraction of sp³-hybridized carbons (Fsp3) is 0.238. The molecule has 0 N–H and O–H groups in total. The van der Waals surface area contributed by atoms with E-state index in [-0.39, 0.29) is 6.04 Å². The van der Waals surface area contributed by atoms with Gasteiger partial charge in [-0.2, -0.15) is 5.26 Å². The number of anilines is 1. The summed E-state index contributed by atoms with van der Waals surface area (Å²) in [6.07, 6.45) is 0.908. The number of fused-ring (bicyclic) bond motifs is 1. The van der Waals surface area contributed by atoms with Crippen molar-refractivity contribution in [2.45, 2.75) is 13.0 Å². The highest BCUT2D eigenvalue weighted by molar-refractivity contribution is 6.00. The van der Waals surface area contributed by atoms with Crippen molar-refractivity contribution < 1.29 is 4.79 Å². The summed E-state index contributed by atoms with van der Waals surface area (Å²) in [6.45, 7) is 4.19. The second-order valence-corrected chi connectivity index (χ2v) is 6.75. The highest BCUT2D eigenvalue weighted by Crippen LogP contribution is 2.32. The van der Waals surface area contributed by atoms with Gasteiger partial charge < -0.3 is 9.80 Å². The molecular weight excluding hydrogens is 338 g/mol. The summed E-state index contributed by atoms with van der Waals surface area (Å²) < 4.78 is 0. The summed E-state index contributed by atoms with van der Waals surface area (Å²) in [7, 11) is 0. The molecule has 0 spiro atoms. The molecular formula is C21H19N5O. The minimum Gasteiger partial charge on any atom is -0.348 e. The van der Waals surface area contributed by atoms with E-state index in [1.54, 1.807) is 17.0 Å². The fourth-order valence-electron chi connectivity index (χ4n) is 3.61. The van der Waals surface area contributed by atoms with Crippen molar-refractivity contribution in [3.8, 4) is 17.3 Å². The molecule has 134 valence electrons. The van der Waals surface area contributed by atoms with Crippen LogP contribution in [0.3, 0.4) is 0 Å². The number of nitrogens with zero attached hydrogens (tertiary/aromatic N) is 5. The highest BCUT2D eigenvalue weighted by Gasteiger charge is 2.26. The first-order valence-electron chi connectivity index (χ1n) is 8.93. The average Bonchev–Trinajstić information content (AvgIpc) is 2.73.